The molecule has 0 aliphatic heterocycles. The maximum absolute atomic E-state index is 12.9. The van der Waals surface area contributed by atoms with Crippen molar-refractivity contribution in [3.8, 4) is 0 Å². The summed E-state index contributed by atoms with van der Waals surface area (Å²) < 4.78 is 16.9. The first kappa shape index (κ1) is 66.4. The van der Waals surface area contributed by atoms with Crippen LogP contribution in [0.15, 0.2) is 0 Å². The molecule has 0 aromatic carbocycles. The van der Waals surface area contributed by atoms with Crippen LogP contribution in [0, 0.1) is 0 Å². The van der Waals surface area contributed by atoms with Crippen molar-refractivity contribution < 1.29 is 28.6 Å². The summed E-state index contributed by atoms with van der Waals surface area (Å²) in [6, 6.07) is 0. The van der Waals surface area contributed by atoms with Crippen LogP contribution in [0.5, 0.6) is 0 Å². The Morgan fingerprint density at radius 3 is 0.588 bits per heavy atom. The molecule has 0 aliphatic rings. The Morgan fingerprint density at radius 2 is 0.397 bits per heavy atom. The minimum absolute atomic E-state index is 0.0611. The summed E-state index contributed by atoms with van der Waals surface area (Å²) in [5.41, 5.74) is 0. The van der Waals surface area contributed by atoms with E-state index in [2.05, 4.69) is 20.8 Å². The molecule has 6 heteroatoms. The lowest BCUT2D eigenvalue weighted by Crippen LogP contribution is -2.30. The fourth-order valence-electron chi connectivity index (χ4n) is 9.68. The van der Waals surface area contributed by atoms with Gasteiger partial charge >= 0.3 is 17.9 Å². The van der Waals surface area contributed by atoms with E-state index in [-0.39, 0.29) is 31.1 Å². The van der Waals surface area contributed by atoms with E-state index < -0.39 is 6.10 Å². The van der Waals surface area contributed by atoms with Gasteiger partial charge in [-0.3, -0.25) is 14.4 Å². The summed E-state index contributed by atoms with van der Waals surface area (Å²) in [4.78, 5) is 38.1. The average Bonchev–Trinajstić information content (AvgIpc) is 3.34. The van der Waals surface area contributed by atoms with Crippen molar-refractivity contribution in [2.75, 3.05) is 13.2 Å². The summed E-state index contributed by atoms with van der Waals surface area (Å²) in [5.74, 6) is -0.833. The fraction of sp³-hybridized carbons (Fsp3) is 0.952. The van der Waals surface area contributed by atoms with Gasteiger partial charge in [-0.2, -0.15) is 0 Å². The van der Waals surface area contributed by atoms with Gasteiger partial charge in [-0.15, -0.1) is 0 Å². The summed E-state index contributed by atoms with van der Waals surface area (Å²) in [7, 11) is 0. The quantitative estimate of drug-likeness (QED) is 0.0343. The van der Waals surface area contributed by atoms with Crippen LogP contribution in [0.2, 0.25) is 0 Å². The number of hydrogen-bond donors (Lipinski definition) is 0. The standard InChI is InChI=1S/C62H120O6/c1-4-7-10-13-16-19-21-23-25-27-29-30-31-33-34-36-38-40-43-46-49-52-55-61(64)67-58-59(57-66-60(63)54-51-48-45-42-18-15-12-9-6-3)68-62(65)56-53-50-47-44-41-39-37-35-32-28-26-24-22-20-17-14-11-8-5-2/h59H,4-58H2,1-3H3. The number of carbonyl (C=O) groups excluding carboxylic acids is 3. The molecule has 0 aliphatic carbocycles. The van der Waals surface area contributed by atoms with Gasteiger partial charge in [0.05, 0.1) is 0 Å². The summed E-state index contributed by atoms with van der Waals surface area (Å²) in [6.45, 7) is 6.70. The van der Waals surface area contributed by atoms with Crippen LogP contribution in [0.25, 0.3) is 0 Å². The van der Waals surface area contributed by atoms with E-state index >= 15 is 0 Å². The Kier molecular flexibility index (Phi) is 56.6. The minimum atomic E-state index is -0.761. The van der Waals surface area contributed by atoms with Gasteiger partial charge in [0, 0.05) is 19.3 Å². The second kappa shape index (κ2) is 58.0. The molecule has 0 radical (unpaired) electrons. The molecule has 0 saturated heterocycles. The molecule has 0 aromatic rings. The van der Waals surface area contributed by atoms with Crippen LogP contribution in [-0.4, -0.2) is 37.2 Å². The van der Waals surface area contributed by atoms with Gasteiger partial charge in [-0.25, -0.2) is 0 Å². The molecule has 1 atom stereocenters. The van der Waals surface area contributed by atoms with Gasteiger partial charge in [-0.05, 0) is 19.3 Å². The second-order valence-electron chi connectivity index (χ2n) is 21.3. The molecule has 0 aromatic heterocycles. The average molecular weight is 962 g/mol. The Morgan fingerprint density at radius 1 is 0.235 bits per heavy atom. The van der Waals surface area contributed by atoms with Crippen LogP contribution in [0.3, 0.4) is 0 Å². The first-order chi connectivity index (χ1) is 33.5. The van der Waals surface area contributed by atoms with Crippen molar-refractivity contribution in [3.63, 3.8) is 0 Å². The van der Waals surface area contributed by atoms with Gasteiger partial charge in [0.25, 0.3) is 0 Å². The maximum Gasteiger partial charge on any atom is 0.306 e. The van der Waals surface area contributed by atoms with Crippen LogP contribution in [-0.2, 0) is 28.6 Å². The molecule has 0 rings (SSSR count). The Bertz CT molecular complexity index is 1010. The highest BCUT2D eigenvalue weighted by atomic mass is 16.6. The Hall–Kier alpha value is -1.59. The highest BCUT2D eigenvalue weighted by molar-refractivity contribution is 5.71. The van der Waals surface area contributed by atoms with E-state index in [0.29, 0.717) is 19.3 Å². The monoisotopic (exact) mass is 961 g/mol. The molecule has 6 nitrogen and oxygen atoms in total. The van der Waals surface area contributed by atoms with E-state index in [1.165, 1.54) is 263 Å². The van der Waals surface area contributed by atoms with E-state index in [4.69, 9.17) is 14.2 Å². The third-order valence-corrected chi connectivity index (χ3v) is 14.4. The first-order valence-corrected chi connectivity index (χ1v) is 31.0. The third kappa shape index (κ3) is 55.3. The van der Waals surface area contributed by atoms with Crippen molar-refractivity contribution >= 4 is 17.9 Å². The van der Waals surface area contributed by atoms with E-state index in [1.807, 2.05) is 0 Å². The van der Waals surface area contributed by atoms with Crippen molar-refractivity contribution in [1.82, 2.24) is 0 Å². The predicted octanol–water partition coefficient (Wildman–Crippen LogP) is 20.7. The number of rotatable bonds is 58. The number of hydrogen-bond acceptors (Lipinski definition) is 6. The molecule has 0 spiro atoms. The fourth-order valence-corrected chi connectivity index (χ4v) is 9.68. The van der Waals surface area contributed by atoms with Crippen molar-refractivity contribution in [2.45, 2.75) is 367 Å². The molecule has 68 heavy (non-hydrogen) atoms. The van der Waals surface area contributed by atoms with Crippen molar-refractivity contribution in [1.29, 1.82) is 0 Å². The highest BCUT2D eigenvalue weighted by Gasteiger charge is 2.19. The zero-order chi connectivity index (χ0) is 49.3. The minimum Gasteiger partial charge on any atom is -0.462 e. The molecule has 0 saturated carbocycles. The zero-order valence-electron chi connectivity index (χ0n) is 46.4. The molecule has 0 amide bonds. The van der Waals surface area contributed by atoms with Gasteiger partial charge in [0.15, 0.2) is 6.10 Å². The topological polar surface area (TPSA) is 78.9 Å². The molecule has 1 unspecified atom stereocenters. The zero-order valence-corrected chi connectivity index (χ0v) is 46.4. The molecule has 0 heterocycles. The summed E-state index contributed by atoms with van der Waals surface area (Å²) in [6.07, 6.45) is 65.5. The smallest absolute Gasteiger partial charge is 0.306 e. The van der Waals surface area contributed by atoms with Gasteiger partial charge in [0.2, 0.25) is 0 Å². The SMILES string of the molecule is CCCCCCCCCCCCCCCCCCCCCCCCC(=O)OCC(COC(=O)CCCCCCCCCCC)OC(=O)CCCCCCCCCCCCCCCCCCCCC. The molecule has 0 bridgehead atoms. The lowest BCUT2D eigenvalue weighted by atomic mass is 10.0. The largest absolute Gasteiger partial charge is 0.462 e. The molecule has 404 valence electrons. The van der Waals surface area contributed by atoms with Gasteiger partial charge < -0.3 is 14.2 Å². The maximum atomic E-state index is 12.9. The van der Waals surface area contributed by atoms with Crippen LogP contribution >= 0.6 is 0 Å². The van der Waals surface area contributed by atoms with E-state index in [0.717, 1.165) is 57.8 Å². The number of unbranched alkanes of at least 4 members (excludes halogenated alkanes) is 47. The number of ether oxygens (including phenoxy) is 3. The number of carbonyl (C=O) groups is 3. The summed E-state index contributed by atoms with van der Waals surface area (Å²) in [5, 5.41) is 0. The van der Waals surface area contributed by atoms with Crippen LogP contribution < -0.4 is 0 Å². The second-order valence-corrected chi connectivity index (χ2v) is 21.3. The first-order valence-electron chi connectivity index (χ1n) is 31.0. The van der Waals surface area contributed by atoms with Crippen LogP contribution in [0.1, 0.15) is 361 Å². The molecule has 0 fully saturated rings. The van der Waals surface area contributed by atoms with Crippen molar-refractivity contribution in [3.05, 3.63) is 0 Å². The normalized spacial score (nSPS) is 11.9. The van der Waals surface area contributed by atoms with E-state index in [9.17, 15) is 14.4 Å². The summed E-state index contributed by atoms with van der Waals surface area (Å²) >= 11 is 0. The predicted molar refractivity (Wildman–Crippen MR) is 294 cm³/mol. The van der Waals surface area contributed by atoms with E-state index in [1.54, 1.807) is 0 Å². The molecular formula is C62H120O6. The highest BCUT2D eigenvalue weighted by Crippen LogP contribution is 2.18. The number of esters is 3. The lowest BCUT2D eigenvalue weighted by Gasteiger charge is -2.18. The third-order valence-electron chi connectivity index (χ3n) is 14.4. The Balaban J connectivity index is 4.15. The van der Waals surface area contributed by atoms with Crippen LogP contribution in [0.4, 0.5) is 0 Å². The van der Waals surface area contributed by atoms with Crippen molar-refractivity contribution in [2.24, 2.45) is 0 Å². The molecule has 0 N–H and O–H groups in total. The Labute approximate surface area is 425 Å². The lowest BCUT2D eigenvalue weighted by molar-refractivity contribution is -0.167. The molecular weight excluding hydrogens is 841 g/mol. The van der Waals surface area contributed by atoms with Gasteiger partial charge in [0.1, 0.15) is 13.2 Å². The van der Waals surface area contributed by atoms with Gasteiger partial charge in [-0.1, -0.05) is 323 Å².